The summed E-state index contributed by atoms with van der Waals surface area (Å²) < 4.78 is 31.6. The van der Waals surface area contributed by atoms with Crippen LogP contribution in [0.15, 0.2) is 23.2 Å². The van der Waals surface area contributed by atoms with Crippen LogP contribution in [0.3, 0.4) is 0 Å². The number of ether oxygens (including phenoxy) is 1. The fourth-order valence-electron chi connectivity index (χ4n) is 3.09. The molecule has 0 bridgehead atoms. The molecule has 0 radical (unpaired) electrons. The summed E-state index contributed by atoms with van der Waals surface area (Å²) in [5.41, 5.74) is 0.0592. The van der Waals surface area contributed by atoms with Crippen LogP contribution in [0.4, 0.5) is 14.5 Å². The van der Waals surface area contributed by atoms with Gasteiger partial charge in [-0.3, -0.25) is 4.99 Å². The lowest BCUT2D eigenvalue weighted by Gasteiger charge is -2.44. The molecule has 2 aliphatic rings. The predicted molar refractivity (Wildman–Crippen MR) is 71.2 cm³/mol. The minimum absolute atomic E-state index is 0.0500. The maximum atomic E-state index is 13.2. The van der Waals surface area contributed by atoms with Gasteiger partial charge in [0.1, 0.15) is 5.60 Å². The van der Waals surface area contributed by atoms with E-state index in [-0.39, 0.29) is 5.92 Å². The Morgan fingerprint density at radius 3 is 2.95 bits per heavy atom. The van der Waals surface area contributed by atoms with Gasteiger partial charge in [0, 0.05) is 25.0 Å². The van der Waals surface area contributed by atoms with Crippen molar-refractivity contribution in [2.24, 2.45) is 10.9 Å². The van der Waals surface area contributed by atoms with Crippen molar-refractivity contribution < 1.29 is 18.6 Å². The monoisotopic (exact) mass is 281 g/mol. The normalized spacial score (nSPS) is 32.1. The fraction of sp³-hybridized carbons (Fsp3) is 0.533. The van der Waals surface area contributed by atoms with Gasteiger partial charge in [0.2, 0.25) is 0 Å². The van der Waals surface area contributed by atoms with Crippen molar-refractivity contribution in [3.05, 3.63) is 29.8 Å². The van der Waals surface area contributed by atoms with Crippen LogP contribution in [-0.4, -0.2) is 29.6 Å². The second kappa shape index (κ2) is 5.22. The zero-order valence-electron chi connectivity index (χ0n) is 11.1. The van der Waals surface area contributed by atoms with Crippen molar-refractivity contribution in [3.63, 3.8) is 0 Å². The topological polar surface area (TPSA) is 41.8 Å². The molecule has 1 heterocycles. The van der Waals surface area contributed by atoms with E-state index in [0.29, 0.717) is 37.5 Å². The summed E-state index contributed by atoms with van der Waals surface area (Å²) in [6.07, 6.45) is 3.04. The average Bonchev–Trinajstić information content (AvgIpc) is 2.43. The second-order valence-corrected chi connectivity index (χ2v) is 5.50. The first-order chi connectivity index (χ1) is 9.59. The number of fused-ring (bicyclic) bond motifs is 1. The lowest BCUT2D eigenvalue weighted by molar-refractivity contribution is -0.0796. The first-order valence-electron chi connectivity index (χ1n) is 6.93. The van der Waals surface area contributed by atoms with Gasteiger partial charge in [-0.25, -0.2) is 8.78 Å². The van der Waals surface area contributed by atoms with E-state index in [2.05, 4.69) is 4.99 Å². The largest absolute Gasteiger partial charge is 0.383 e. The standard InChI is InChI=1S/C15H17F2NO2/c16-12-5-4-11(8-13(12)17)18-14-3-1-2-10-9-20-7-6-15(10,14)19/h4-5,8,10,19H,1-3,6-7,9H2/b18-14+/t10?,15-/m1/s1. The molecule has 2 fully saturated rings. The van der Waals surface area contributed by atoms with Gasteiger partial charge in [0.25, 0.3) is 0 Å². The zero-order chi connectivity index (χ0) is 14.2. The summed E-state index contributed by atoms with van der Waals surface area (Å²) in [7, 11) is 0. The Balaban J connectivity index is 1.94. The highest BCUT2D eigenvalue weighted by molar-refractivity contribution is 5.95. The number of aliphatic imine (C=N–C) groups is 1. The number of halogens is 2. The molecule has 2 atom stereocenters. The van der Waals surface area contributed by atoms with E-state index in [1.807, 2.05) is 0 Å². The van der Waals surface area contributed by atoms with Gasteiger partial charge in [-0.15, -0.1) is 0 Å². The number of benzene rings is 1. The van der Waals surface area contributed by atoms with Gasteiger partial charge >= 0.3 is 0 Å². The third-order valence-electron chi connectivity index (χ3n) is 4.26. The minimum Gasteiger partial charge on any atom is -0.383 e. The van der Waals surface area contributed by atoms with E-state index >= 15 is 0 Å². The molecular weight excluding hydrogens is 264 g/mol. The summed E-state index contributed by atoms with van der Waals surface area (Å²) in [5.74, 6) is -1.76. The summed E-state index contributed by atoms with van der Waals surface area (Å²) >= 11 is 0. The molecule has 108 valence electrons. The maximum absolute atomic E-state index is 13.2. The molecule has 1 unspecified atom stereocenters. The molecular formula is C15H17F2NO2. The summed E-state index contributed by atoms with van der Waals surface area (Å²) in [4.78, 5) is 4.38. The van der Waals surface area contributed by atoms with Crippen LogP contribution in [0.5, 0.6) is 0 Å². The number of aliphatic hydroxyl groups is 1. The predicted octanol–water partition coefficient (Wildman–Crippen LogP) is 2.99. The van der Waals surface area contributed by atoms with Crippen LogP contribution in [0, 0.1) is 17.6 Å². The average molecular weight is 281 g/mol. The Kier molecular flexibility index (Phi) is 3.56. The molecule has 1 N–H and O–H groups in total. The van der Waals surface area contributed by atoms with Crippen LogP contribution in [0.2, 0.25) is 0 Å². The van der Waals surface area contributed by atoms with Gasteiger partial charge < -0.3 is 9.84 Å². The molecule has 0 amide bonds. The highest BCUT2D eigenvalue weighted by Gasteiger charge is 2.45. The van der Waals surface area contributed by atoms with Crippen LogP contribution in [0.25, 0.3) is 0 Å². The lowest BCUT2D eigenvalue weighted by atomic mass is 9.71. The number of hydrogen-bond acceptors (Lipinski definition) is 3. The van der Waals surface area contributed by atoms with Crippen LogP contribution < -0.4 is 0 Å². The molecule has 1 aliphatic heterocycles. The minimum atomic E-state index is -0.957. The molecule has 3 nitrogen and oxygen atoms in total. The highest BCUT2D eigenvalue weighted by atomic mass is 19.2. The summed E-state index contributed by atoms with van der Waals surface area (Å²) in [6.45, 7) is 1.04. The number of nitrogens with zero attached hydrogens (tertiary/aromatic N) is 1. The molecule has 1 saturated carbocycles. The van der Waals surface area contributed by atoms with Crippen molar-refractivity contribution in [1.29, 1.82) is 0 Å². The van der Waals surface area contributed by atoms with Crippen LogP contribution >= 0.6 is 0 Å². The summed E-state index contributed by atoms with van der Waals surface area (Å²) in [5, 5.41) is 10.9. The zero-order valence-corrected chi connectivity index (χ0v) is 11.1. The smallest absolute Gasteiger partial charge is 0.160 e. The second-order valence-electron chi connectivity index (χ2n) is 5.50. The molecule has 1 aromatic rings. The number of hydrogen-bond donors (Lipinski definition) is 1. The van der Waals surface area contributed by atoms with Gasteiger partial charge in [-0.05, 0) is 31.4 Å². The fourth-order valence-corrected chi connectivity index (χ4v) is 3.09. The Morgan fingerprint density at radius 1 is 1.30 bits per heavy atom. The third-order valence-corrected chi connectivity index (χ3v) is 4.26. The molecule has 5 heteroatoms. The first kappa shape index (κ1) is 13.6. The van der Waals surface area contributed by atoms with Crippen molar-refractivity contribution >= 4 is 11.4 Å². The molecule has 3 rings (SSSR count). The Bertz CT molecular complexity index is 545. The van der Waals surface area contributed by atoms with E-state index < -0.39 is 17.2 Å². The first-order valence-corrected chi connectivity index (χ1v) is 6.93. The molecule has 20 heavy (non-hydrogen) atoms. The van der Waals surface area contributed by atoms with Crippen molar-refractivity contribution in [2.75, 3.05) is 13.2 Å². The van der Waals surface area contributed by atoms with Crippen molar-refractivity contribution in [2.45, 2.75) is 31.3 Å². The molecule has 1 saturated heterocycles. The van der Waals surface area contributed by atoms with Crippen molar-refractivity contribution in [1.82, 2.24) is 0 Å². The molecule has 0 aromatic heterocycles. The SMILES string of the molecule is O[C@]12CCOCC1CCC/C2=N\c1ccc(F)c(F)c1. The number of rotatable bonds is 1. The van der Waals surface area contributed by atoms with E-state index in [0.717, 1.165) is 25.0 Å². The van der Waals surface area contributed by atoms with Crippen LogP contribution in [0.1, 0.15) is 25.7 Å². The molecule has 1 aromatic carbocycles. The van der Waals surface area contributed by atoms with E-state index in [1.165, 1.54) is 6.07 Å². The maximum Gasteiger partial charge on any atom is 0.160 e. The van der Waals surface area contributed by atoms with Gasteiger partial charge in [0.05, 0.1) is 18.0 Å². The van der Waals surface area contributed by atoms with Crippen molar-refractivity contribution in [3.8, 4) is 0 Å². The molecule has 0 spiro atoms. The van der Waals surface area contributed by atoms with E-state index in [4.69, 9.17) is 4.74 Å². The van der Waals surface area contributed by atoms with Gasteiger partial charge in [-0.2, -0.15) is 0 Å². The quantitative estimate of drug-likeness (QED) is 0.859. The highest BCUT2D eigenvalue weighted by Crippen LogP contribution is 2.38. The Morgan fingerprint density at radius 2 is 2.15 bits per heavy atom. The lowest BCUT2D eigenvalue weighted by Crippen LogP contribution is -2.53. The van der Waals surface area contributed by atoms with E-state index in [9.17, 15) is 13.9 Å². The third kappa shape index (κ3) is 2.36. The van der Waals surface area contributed by atoms with Gasteiger partial charge in [0.15, 0.2) is 11.6 Å². The van der Waals surface area contributed by atoms with Crippen LogP contribution in [-0.2, 0) is 4.74 Å². The Labute approximate surface area is 116 Å². The van der Waals surface area contributed by atoms with Gasteiger partial charge in [-0.1, -0.05) is 0 Å². The summed E-state index contributed by atoms with van der Waals surface area (Å²) in [6, 6.07) is 3.55. The molecule has 1 aliphatic carbocycles. The Hall–Kier alpha value is -1.33. The van der Waals surface area contributed by atoms with E-state index in [1.54, 1.807) is 0 Å².